The van der Waals surface area contributed by atoms with Gasteiger partial charge in [0, 0.05) is 37.8 Å². The molecule has 1 aromatic carbocycles. The maximum Gasteiger partial charge on any atom is 0.387 e. The fraction of sp³-hybridized carbons (Fsp3) is 0.625. The third-order valence-electron chi connectivity index (χ3n) is 3.92. The van der Waals surface area contributed by atoms with Gasteiger partial charge in [-0.2, -0.15) is 8.78 Å². The van der Waals surface area contributed by atoms with Crippen molar-refractivity contribution in [1.82, 2.24) is 10.2 Å². The van der Waals surface area contributed by atoms with Crippen LogP contribution in [-0.2, 0) is 0 Å². The Kier molecular flexibility index (Phi) is 8.68. The highest BCUT2D eigenvalue weighted by atomic mass is 35.5. The first-order chi connectivity index (χ1) is 10.2. The van der Waals surface area contributed by atoms with Gasteiger partial charge < -0.3 is 10.1 Å². The molecule has 0 saturated carbocycles. The van der Waals surface area contributed by atoms with E-state index in [9.17, 15) is 8.78 Å². The number of para-hydroxylation sites is 1. The Balaban J connectivity index is 0.00000242. The van der Waals surface area contributed by atoms with Crippen LogP contribution in [0.5, 0.6) is 5.75 Å². The summed E-state index contributed by atoms with van der Waals surface area (Å²) in [5.74, 6) is 0.312. The van der Waals surface area contributed by atoms with Crippen LogP contribution in [0.2, 0.25) is 0 Å². The predicted octanol–water partition coefficient (Wildman–Crippen LogP) is 3.85. The lowest BCUT2D eigenvalue weighted by Crippen LogP contribution is -2.45. The Hall–Kier alpha value is -0.910. The molecular formula is C16H25ClF2N2O. The van der Waals surface area contributed by atoms with Gasteiger partial charge in [-0.25, -0.2) is 0 Å². The Morgan fingerprint density at radius 2 is 1.91 bits per heavy atom. The summed E-state index contributed by atoms with van der Waals surface area (Å²) in [6, 6.07) is 7.36. The zero-order valence-electron chi connectivity index (χ0n) is 12.9. The normalized spacial score (nSPS) is 17.1. The summed E-state index contributed by atoms with van der Waals surface area (Å²) in [6.45, 7) is 3.15. The molecule has 126 valence electrons. The molecule has 0 amide bonds. The number of nitrogens with zero attached hydrogens (tertiary/aromatic N) is 1. The van der Waals surface area contributed by atoms with Gasteiger partial charge in [-0.3, -0.25) is 4.90 Å². The van der Waals surface area contributed by atoms with Crippen molar-refractivity contribution < 1.29 is 13.5 Å². The van der Waals surface area contributed by atoms with Crippen molar-refractivity contribution in [2.45, 2.75) is 38.8 Å². The molecule has 22 heavy (non-hydrogen) atoms. The summed E-state index contributed by atoms with van der Waals surface area (Å²) < 4.78 is 29.9. The molecule has 1 saturated heterocycles. The molecule has 1 N–H and O–H groups in total. The zero-order chi connectivity index (χ0) is 15.1. The van der Waals surface area contributed by atoms with E-state index >= 15 is 0 Å². The second kappa shape index (κ2) is 9.98. The number of hydrogen-bond acceptors (Lipinski definition) is 3. The quantitative estimate of drug-likeness (QED) is 0.819. The number of nitrogens with one attached hydrogen (secondary N) is 1. The molecule has 0 bridgehead atoms. The first-order valence-corrected chi connectivity index (χ1v) is 7.71. The van der Waals surface area contributed by atoms with Gasteiger partial charge in [0.05, 0.1) is 0 Å². The Bertz CT molecular complexity index is 428. The molecule has 3 nitrogen and oxygen atoms in total. The molecule has 1 aliphatic heterocycles. The van der Waals surface area contributed by atoms with Gasteiger partial charge in [0.25, 0.3) is 0 Å². The van der Waals surface area contributed by atoms with Crippen LogP contribution in [0.15, 0.2) is 24.3 Å². The van der Waals surface area contributed by atoms with E-state index in [0.717, 1.165) is 51.0 Å². The summed E-state index contributed by atoms with van der Waals surface area (Å²) in [4.78, 5) is 2.37. The van der Waals surface area contributed by atoms with Gasteiger partial charge in [0.15, 0.2) is 0 Å². The van der Waals surface area contributed by atoms with Gasteiger partial charge in [0.1, 0.15) is 5.75 Å². The van der Waals surface area contributed by atoms with E-state index in [0.29, 0.717) is 5.75 Å². The number of benzene rings is 1. The third kappa shape index (κ3) is 5.38. The lowest BCUT2D eigenvalue weighted by atomic mass is 9.98. The summed E-state index contributed by atoms with van der Waals surface area (Å²) in [6.07, 6.45) is 3.15. The van der Waals surface area contributed by atoms with Crippen LogP contribution in [0.1, 0.15) is 37.8 Å². The number of halogens is 3. The van der Waals surface area contributed by atoms with Crippen LogP contribution in [0.3, 0.4) is 0 Å². The largest absolute Gasteiger partial charge is 0.434 e. The van der Waals surface area contributed by atoms with Crippen molar-refractivity contribution in [3.63, 3.8) is 0 Å². The summed E-state index contributed by atoms with van der Waals surface area (Å²) in [5, 5.41) is 3.33. The first-order valence-electron chi connectivity index (χ1n) is 7.71. The van der Waals surface area contributed by atoms with Gasteiger partial charge in [-0.05, 0) is 12.5 Å². The molecule has 0 radical (unpaired) electrons. The molecule has 1 atom stereocenters. The molecule has 0 unspecified atom stereocenters. The van der Waals surface area contributed by atoms with Crippen LogP contribution in [0, 0.1) is 0 Å². The lowest BCUT2D eigenvalue weighted by Gasteiger charge is -2.36. The Labute approximate surface area is 137 Å². The van der Waals surface area contributed by atoms with E-state index in [1.54, 1.807) is 12.1 Å². The maximum absolute atomic E-state index is 12.6. The standard InChI is InChI=1S/C16H24F2N2O.ClH/c1-2-3-7-14(20-11-9-19-10-12-20)13-6-4-5-8-15(13)21-16(17)18;/h4-6,8,14,16,19H,2-3,7,9-12H2,1H3;1H/t14-;/m0./s1. The molecule has 1 heterocycles. The lowest BCUT2D eigenvalue weighted by molar-refractivity contribution is -0.0513. The second-order valence-electron chi connectivity index (χ2n) is 5.36. The van der Waals surface area contributed by atoms with Gasteiger partial charge in [-0.15, -0.1) is 12.4 Å². The van der Waals surface area contributed by atoms with E-state index in [-0.39, 0.29) is 18.4 Å². The van der Waals surface area contributed by atoms with E-state index in [1.165, 1.54) is 0 Å². The van der Waals surface area contributed by atoms with E-state index < -0.39 is 6.61 Å². The fourth-order valence-corrected chi connectivity index (χ4v) is 2.89. The third-order valence-corrected chi connectivity index (χ3v) is 3.92. The average Bonchev–Trinajstić information content (AvgIpc) is 2.50. The molecule has 1 aromatic rings. The van der Waals surface area contributed by atoms with Crippen molar-refractivity contribution in [2.75, 3.05) is 26.2 Å². The molecule has 1 fully saturated rings. The number of ether oxygens (including phenoxy) is 1. The van der Waals surface area contributed by atoms with Gasteiger partial charge in [0.2, 0.25) is 0 Å². The van der Waals surface area contributed by atoms with Crippen LogP contribution in [0.4, 0.5) is 8.78 Å². The highest BCUT2D eigenvalue weighted by Crippen LogP contribution is 2.34. The maximum atomic E-state index is 12.6. The number of unbranched alkanes of at least 4 members (excludes halogenated alkanes) is 1. The van der Waals surface area contributed by atoms with Crippen LogP contribution >= 0.6 is 12.4 Å². The highest BCUT2D eigenvalue weighted by molar-refractivity contribution is 5.85. The molecular weight excluding hydrogens is 310 g/mol. The van der Waals surface area contributed by atoms with Crippen molar-refractivity contribution >= 4 is 12.4 Å². The topological polar surface area (TPSA) is 24.5 Å². The van der Waals surface area contributed by atoms with Crippen LogP contribution < -0.4 is 10.1 Å². The Morgan fingerprint density at radius 1 is 1.23 bits per heavy atom. The van der Waals surface area contributed by atoms with E-state index in [4.69, 9.17) is 4.74 Å². The minimum Gasteiger partial charge on any atom is -0.434 e. The number of hydrogen-bond donors (Lipinski definition) is 1. The minimum atomic E-state index is -2.78. The number of alkyl halides is 2. The summed E-state index contributed by atoms with van der Waals surface area (Å²) in [7, 11) is 0. The van der Waals surface area contributed by atoms with Gasteiger partial charge >= 0.3 is 6.61 Å². The summed E-state index contributed by atoms with van der Waals surface area (Å²) in [5.41, 5.74) is 0.883. The fourth-order valence-electron chi connectivity index (χ4n) is 2.89. The zero-order valence-corrected chi connectivity index (χ0v) is 13.7. The monoisotopic (exact) mass is 334 g/mol. The SMILES string of the molecule is CCCC[C@@H](c1ccccc1OC(F)F)N1CCNCC1.Cl. The first kappa shape index (κ1) is 19.1. The summed E-state index contributed by atoms with van der Waals surface area (Å²) >= 11 is 0. The average molecular weight is 335 g/mol. The minimum absolute atomic E-state index is 0. The van der Waals surface area contributed by atoms with E-state index in [1.807, 2.05) is 12.1 Å². The van der Waals surface area contributed by atoms with Crippen molar-refractivity contribution in [3.8, 4) is 5.75 Å². The van der Waals surface area contributed by atoms with Crippen molar-refractivity contribution in [1.29, 1.82) is 0 Å². The van der Waals surface area contributed by atoms with Crippen LogP contribution in [-0.4, -0.2) is 37.7 Å². The molecule has 1 aliphatic rings. The molecule has 0 aromatic heterocycles. The van der Waals surface area contributed by atoms with Crippen molar-refractivity contribution in [3.05, 3.63) is 29.8 Å². The van der Waals surface area contributed by atoms with Gasteiger partial charge in [-0.1, -0.05) is 38.0 Å². The molecule has 0 spiro atoms. The number of rotatable bonds is 7. The second-order valence-corrected chi connectivity index (χ2v) is 5.36. The van der Waals surface area contributed by atoms with E-state index in [2.05, 4.69) is 17.1 Å². The molecule has 0 aliphatic carbocycles. The molecule has 6 heteroatoms. The predicted molar refractivity (Wildman–Crippen MR) is 87.0 cm³/mol. The smallest absolute Gasteiger partial charge is 0.387 e. The highest BCUT2D eigenvalue weighted by Gasteiger charge is 2.25. The van der Waals surface area contributed by atoms with Crippen molar-refractivity contribution in [2.24, 2.45) is 0 Å². The molecule has 2 rings (SSSR count). The Morgan fingerprint density at radius 3 is 2.55 bits per heavy atom. The van der Waals surface area contributed by atoms with Crippen LogP contribution in [0.25, 0.3) is 0 Å². The number of piperazine rings is 1.